The minimum absolute atomic E-state index is 0.0544. The lowest BCUT2D eigenvalue weighted by atomic mass is 10.0. The lowest BCUT2D eigenvalue weighted by molar-refractivity contribution is -0.133. The SMILES string of the molecule is CC(Oc1ccc(C(C)C)cc1)C(=O)NNC(=O)CCC(=O)Nc1ccccc1Cl. The van der Waals surface area contributed by atoms with Crippen molar-refractivity contribution in [3.8, 4) is 5.75 Å². The Hall–Kier alpha value is -3.06. The van der Waals surface area contributed by atoms with Crippen LogP contribution in [0, 0.1) is 0 Å². The Kier molecular flexibility index (Phi) is 8.68. The monoisotopic (exact) mass is 431 g/mol. The number of carbonyl (C=O) groups excluding carboxylic acids is 3. The van der Waals surface area contributed by atoms with Gasteiger partial charge in [-0.1, -0.05) is 49.7 Å². The molecule has 0 saturated heterocycles. The topological polar surface area (TPSA) is 96.5 Å². The van der Waals surface area contributed by atoms with Crippen molar-refractivity contribution in [3.05, 3.63) is 59.1 Å². The number of ether oxygens (including phenoxy) is 1. The first-order chi connectivity index (χ1) is 14.3. The van der Waals surface area contributed by atoms with Crippen LogP contribution in [0.15, 0.2) is 48.5 Å². The molecule has 0 saturated carbocycles. The summed E-state index contributed by atoms with van der Waals surface area (Å²) in [5.41, 5.74) is 6.23. The molecule has 2 aromatic carbocycles. The average Bonchev–Trinajstić information content (AvgIpc) is 2.72. The molecule has 0 spiro atoms. The highest BCUT2D eigenvalue weighted by atomic mass is 35.5. The van der Waals surface area contributed by atoms with Crippen molar-refractivity contribution in [2.24, 2.45) is 0 Å². The van der Waals surface area contributed by atoms with Gasteiger partial charge < -0.3 is 10.1 Å². The van der Waals surface area contributed by atoms with E-state index in [1.165, 1.54) is 5.56 Å². The normalized spacial score (nSPS) is 11.5. The van der Waals surface area contributed by atoms with Gasteiger partial charge in [-0.3, -0.25) is 25.2 Å². The molecule has 1 atom stereocenters. The van der Waals surface area contributed by atoms with Crippen LogP contribution in [0.5, 0.6) is 5.75 Å². The zero-order valence-electron chi connectivity index (χ0n) is 17.2. The van der Waals surface area contributed by atoms with Gasteiger partial charge in [-0.05, 0) is 42.7 Å². The van der Waals surface area contributed by atoms with Crippen LogP contribution in [-0.2, 0) is 14.4 Å². The molecule has 160 valence electrons. The number of hydrogen-bond acceptors (Lipinski definition) is 4. The Balaban J connectivity index is 1.71. The molecule has 3 amide bonds. The van der Waals surface area contributed by atoms with Crippen molar-refractivity contribution in [2.75, 3.05) is 5.32 Å². The second kappa shape index (κ2) is 11.2. The van der Waals surface area contributed by atoms with Gasteiger partial charge in [0, 0.05) is 12.8 Å². The second-order valence-corrected chi connectivity index (χ2v) is 7.46. The summed E-state index contributed by atoms with van der Waals surface area (Å²) in [6.07, 6.45) is -0.956. The molecule has 2 rings (SSSR count). The highest BCUT2D eigenvalue weighted by Crippen LogP contribution is 2.21. The summed E-state index contributed by atoms with van der Waals surface area (Å²) < 4.78 is 5.58. The minimum atomic E-state index is -0.807. The smallest absolute Gasteiger partial charge is 0.279 e. The summed E-state index contributed by atoms with van der Waals surface area (Å²) >= 11 is 5.97. The van der Waals surface area contributed by atoms with E-state index in [0.29, 0.717) is 22.4 Å². The molecular formula is C22H26ClN3O4. The van der Waals surface area contributed by atoms with Crippen LogP contribution in [0.3, 0.4) is 0 Å². The standard InChI is InChI=1S/C22H26ClN3O4/c1-14(2)16-8-10-17(11-9-16)30-15(3)22(29)26-25-21(28)13-12-20(27)24-19-7-5-4-6-18(19)23/h4-11,14-15H,12-13H2,1-3H3,(H,24,27)(H,25,28)(H,26,29). The van der Waals surface area contributed by atoms with Gasteiger partial charge in [-0.25, -0.2) is 0 Å². The van der Waals surface area contributed by atoms with Crippen LogP contribution in [0.2, 0.25) is 5.02 Å². The fourth-order valence-electron chi connectivity index (χ4n) is 2.49. The molecule has 8 heteroatoms. The van der Waals surface area contributed by atoms with Crippen LogP contribution in [0.4, 0.5) is 5.69 Å². The van der Waals surface area contributed by atoms with Gasteiger partial charge in [0.05, 0.1) is 10.7 Å². The molecule has 0 heterocycles. The van der Waals surface area contributed by atoms with E-state index in [4.69, 9.17) is 16.3 Å². The van der Waals surface area contributed by atoms with Gasteiger partial charge in [0.25, 0.3) is 5.91 Å². The lowest BCUT2D eigenvalue weighted by Gasteiger charge is -2.16. The highest BCUT2D eigenvalue weighted by molar-refractivity contribution is 6.33. The third-order valence-electron chi connectivity index (χ3n) is 4.28. The van der Waals surface area contributed by atoms with Gasteiger partial charge in [0.2, 0.25) is 11.8 Å². The first-order valence-electron chi connectivity index (χ1n) is 9.66. The quantitative estimate of drug-likeness (QED) is 0.554. The Labute approximate surface area is 181 Å². The summed E-state index contributed by atoms with van der Waals surface area (Å²) in [4.78, 5) is 35.9. The van der Waals surface area contributed by atoms with Gasteiger partial charge in [-0.2, -0.15) is 0 Å². The Bertz CT molecular complexity index is 884. The minimum Gasteiger partial charge on any atom is -0.481 e. The number of para-hydroxylation sites is 1. The number of carbonyl (C=O) groups is 3. The van der Waals surface area contributed by atoms with Crippen LogP contribution in [0.25, 0.3) is 0 Å². The molecule has 0 aliphatic heterocycles. The maximum absolute atomic E-state index is 12.1. The average molecular weight is 432 g/mol. The van der Waals surface area contributed by atoms with Gasteiger partial charge in [0.15, 0.2) is 6.10 Å². The summed E-state index contributed by atoms with van der Waals surface area (Å²) in [6, 6.07) is 14.3. The molecule has 0 bridgehead atoms. The molecule has 7 nitrogen and oxygen atoms in total. The van der Waals surface area contributed by atoms with E-state index < -0.39 is 17.9 Å². The molecule has 0 radical (unpaired) electrons. The molecule has 1 unspecified atom stereocenters. The molecule has 0 aliphatic rings. The number of anilines is 1. The number of rotatable bonds is 8. The largest absolute Gasteiger partial charge is 0.481 e. The van der Waals surface area contributed by atoms with E-state index in [1.54, 1.807) is 43.3 Å². The predicted molar refractivity (Wildman–Crippen MR) is 116 cm³/mol. The third kappa shape index (κ3) is 7.40. The lowest BCUT2D eigenvalue weighted by Crippen LogP contribution is -2.47. The fourth-order valence-corrected chi connectivity index (χ4v) is 2.67. The van der Waals surface area contributed by atoms with Crippen LogP contribution in [-0.4, -0.2) is 23.8 Å². The van der Waals surface area contributed by atoms with Crippen molar-refractivity contribution >= 4 is 35.0 Å². The molecule has 30 heavy (non-hydrogen) atoms. The maximum atomic E-state index is 12.1. The maximum Gasteiger partial charge on any atom is 0.279 e. The molecule has 2 aromatic rings. The third-order valence-corrected chi connectivity index (χ3v) is 4.61. The number of nitrogens with one attached hydrogen (secondary N) is 3. The van der Waals surface area contributed by atoms with Crippen molar-refractivity contribution in [1.82, 2.24) is 10.9 Å². The summed E-state index contributed by atoms with van der Waals surface area (Å²) in [7, 11) is 0. The van der Waals surface area contributed by atoms with E-state index in [-0.39, 0.29) is 18.7 Å². The second-order valence-electron chi connectivity index (χ2n) is 7.05. The molecule has 0 fully saturated rings. The zero-order valence-corrected chi connectivity index (χ0v) is 18.0. The number of hydrazine groups is 1. The van der Waals surface area contributed by atoms with Crippen molar-refractivity contribution in [3.63, 3.8) is 0 Å². The number of hydrogen-bond donors (Lipinski definition) is 3. The first-order valence-corrected chi connectivity index (χ1v) is 10.0. The van der Waals surface area contributed by atoms with Crippen molar-refractivity contribution in [2.45, 2.75) is 45.6 Å². The van der Waals surface area contributed by atoms with Crippen LogP contribution < -0.4 is 20.9 Å². The Morgan fingerprint density at radius 3 is 2.17 bits per heavy atom. The van der Waals surface area contributed by atoms with Crippen molar-refractivity contribution in [1.29, 1.82) is 0 Å². The van der Waals surface area contributed by atoms with Crippen LogP contribution in [0.1, 0.15) is 45.1 Å². The Morgan fingerprint density at radius 2 is 1.53 bits per heavy atom. The molecule has 0 aliphatic carbocycles. The first kappa shape index (κ1) is 23.2. The van der Waals surface area contributed by atoms with E-state index in [0.717, 1.165) is 0 Å². The van der Waals surface area contributed by atoms with Gasteiger partial charge in [-0.15, -0.1) is 0 Å². The Morgan fingerprint density at radius 1 is 0.900 bits per heavy atom. The van der Waals surface area contributed by atoms with E-state index in [2.05, 4.69) is 30.0 Å². The summed E-state index contributed by atoms with van der Waals surface area (Å²) in [6.45, 7) is 5.76. The molecule has 0 aromatic heterocycles. The highest BCUT2D eigenvalue weighted by Gasteiger charge is 2.16. The zero-order chi connectivity index (χ0) is 22.1. The number of amides is 3. The van der Waals surface area contributed by atoms with Gasteiger partial charge in [0.1, 0.15) is 5.75 Å². The van der Waals surface area contributed by atoms with Crippen LogP contribution >= 0.6 is 11.6 Å². The number of halogens is 1. The predicted octanol–water partition coefficient (Wildman–Crippen LogP) is 3.80. The molecule has 3 N–H and O–H groups in total. The summed E-state index contributed by atoms with van der Waals surface area (Å²) in [5.74, 6) is -0.388. The van der Waals surface area contributed by atoms with E-state index in [9.17, 15) is 14.4 Å². The van der Waals surface area contributed by atoms with Gasteiger partial charge >= 0.3 is 0 Å². The molecular weight excluding hydrogens is 406 g/mol. The summed E-state index contributed by atoms with van der Waals surface area (Å²) in [5, 5.41) is 3.04. The van der Waals surface area contributed by atoms with Crippen molar-refractivity contribution < 1.29 is 19.1 Å². The van der Waals surface area contributed by atoms with E-state index in [1.807, 2.05) is 12.1 Å². The van der Waals surface area contributed by atoms with E-state index >= 15 is 0 Å². The fraction of sp³-hybridized carbons (Fsp3) is 0.318. The number of benzene rings is 2.